The third kappa shape index (κ3) is 3.32. The molecule has 0 spiro atoms. The quantitative estimate of drug-likeness (QED) is 0.823. The Balaban J connectivity index is 2.16. The van der Waals surface area contributed by atoms with Gasteiger partial charge >= 0.3 is 0 Å². The van der Waals surface area contributed by atoms with Crippen LogP contribution in [0.2, 0.25) is 0 Å². The largest absolute Gasteiger partial charge is 0.370 e. The minimum Gasteiger partial charge on any atom is -0.370 e. The van der Waals surface area contributed by atoms with Crippen LogP contribution in [0, 0.1) is 0 Å². The van der Waals surface area contributed by atoms with E-state index >= 15 is 0 Å². The van der Waals surface area contributed by atoms with E-state index in [0.29, 0.717) is 0 Å². The van der Waals surface area contributed by atoms with Crippen LogP contribution in [-0.2, 0) is 6.42 Å². The molecular formula is C13H23N5. The lowest BCUT2D eigenvalue weighted by molar-refractivity contribution is 0.583. The number of hydrogen-bond donors (Lipinski definition) is 2. The minimum atomic E-state index is 0.876. The van der Waals surface area contributed by atoms with Crippen molar-refractivity contribution in [2.24, 2.45) is 0 Å². The van der Waals surface area contributed by atoms with Gasteiger partial charge in [0.2, 0.25) is 0 Å². The van der Waals surface area contributed by atoms with Gasteiger partial charge in [-0.3, -0.25) is 0 Å². The normalized spacial score (nSPS) is 15.8. The summed E-state index contributed by atoms with van der Waals surface area (Å²) in [5.41, 5.74) is 0. The minimum absolute atomic E-state index is 0.876. The van der Waals surface area contributed by atoms with E-state index in [1.165, 1.54) is 0 Å². The highest BCUT2D eigenvalue weighted by Gasteiger charge is 2.13. The molecule has 2 heterocycles. The molecule has 5 nitrogen and oxygen atoms in total. The molecule has 2 rings (SSSR count). The van der Waals surface area contributed by atoms with E-state index in [4.69, 9.17) is 0 Å². The van der Waals surface area contributed by atoms with E-state index in [-0.39, 0.29) is 0 Å². The van der Waals surface area contributed by atoms with Gasteiger partial charge in [-0.1, -0.05) is 13.8 Å². The number of anilines is 2. The fraction of sp³-hybridized carbons (Fsp3) is 0.692. The Bertz CT molecular complexity index is 374. The van der Waals surface area contributed by atoms with E-state index in [1.807, 2.05) is 0 Å². The lowest BCUT2D eigenvalue weighted by Crippen LogP contribution is -2.44. The topological polar surface area (TPSA) is 53.1 Å². The average molecular weight is 249 g/mol. The molecule has 1 saturated heterocycles. The Morgan fingerprint density at radius 2 is 2.06 bits per heavy atom. The molecule has 0 radical (unpaired) electrons. The van der Waals surface area contributed by atoms with Crippen LogP contribution >= 0.6 is 0 Å². The molecule has 1 aromatic rings. The lowest BCUT2D eigenvalue weighted by Gasteiger charge is -2.28. The molecule has 0 unspecified atom stereocenters. The summed E-state index contributed by atoms with van der Waals surface area (Å²) in [4.78, 5) is 11.5. The zero-order valence-corrected chi connectivity index (χ0v) is 11.4. The standard InChI is InChI=1S/C13H23N5/c1-3-5-15-12-10-13(17-11(4-2)16-12)18-8-6-14-7-9-18/h10,14H,3-9H2,1-2H3,(H,15,16,17). The van der Waals surface area contributed by atoms with Gasteiger partial charge < -0.3 is 15.5 Å². The molecule has 1 fully saturated rings. The van der Waals surface area contributed by atoms with Crippen LogP contribution in [0.3, 0.4) is 0 Å². The van der Waals surface area contributed by atoms with Gasteiger partial charge in [-0.15, -0.1) is 0 Å². The summed E-state index contributed by atoms with van der Waals surface area (Å²) >= 11 is 0. The average Bonchev–Trinajstić information content (AvgIpc) is 2.45. The molecule has 0 aliphatic carbocycles. The van der Waals surface area contributed by atoms with Gasteiger partial charge in [0, 0.05) is 45.2 Å². The summed E-state index contributed by atoms with van der Waals surface area (Å²) in [5.74, 6) is 2.93. The first-order valence-corrected chi connectivity index (χ1v) is 6.91. The molecule has 2 N–H and O–H groups in total. The van der Waals surface area contributed by atoms with Crippen LogP contribution in [0.4, 0.5) is 11.6 Å². The monoisotopic (exact) mass is 249 g/mol. The number of nitrogens with one attached hydrogen (secondary N) is 2. The Morgan fingerprint density at radius 1 is 1.28 bits per heavy atom. The van der Waals surface area contributed by atoms with E-state index in [1.54, 1.807) is 0 Å². The molecule has 0 saturated carbocycles. The third-order valence-corrected chi connectivity index (χ3v) is 3.07. The van der Waals surface area contributed by atoms with E-state index in [9.17, 15) is 0 Å². The predicted octanol–water partition coefficient (Wildman–Crippen LogP) is 1.27. The first-order valence-electron chi connectivity index (χ1n) is 6.91. The fourth-order valence-electron chi connectivity index (χ4n) is 2.04. The van der Waals surface area contributed by atoms with Gasteiger partial charge in [-0.25, -0.2) is 9.97 Å². The van der Waals surface area contributed by atoms with Crippen molar-refractivity contribution < 1.29 is 0 Å². The van der Waals surface area contributed by atoms with Crippen LogP contribution < -0.4 is 15.5 Å². The van der Waals surface area contributed by atoms with Gasteiger partial charge in [0.15, 0.2) is 0 Å². The van der Waals surface area contributed by atoms with E-state index in [2.05, 4.69) is 45.4 Å². The maximum absolute atomic E-state index is 4.63. The van der Waals surface area contributed by atoms with Gasteiger partial charge in [-0.2, -0.15) is 0 Å². The predicted molar refractivity (Wildman–Crippen MR) is 75.3 cm³/mol. The Labute approximate surface area is 109 Å². The summed E-state index contributed by atoms with van der Waals surface area (Å²) in [6.45, 7) is 9.32. The zero-order chi connectivity index (χ0) is 12.8. The smallest absolute Gasteiger partial charge is 0.134 e. The molecule has 0 amide bonds. The number of rotatable bonds is 5. The van der Waals surface area contributed by atoms with Gasteiger partial charge in [0.1, 0.15) is 17.5 Å². The zero-order valence-electron chi connectivity index (χ0n) is 11.4. The molecule has 1 aliphatic rings. The second-order valence-electron chi connectivity index (χ2n) is 4.54. The Kier molecular flexibility index (Phi) is 4.75. The Hall–Kier alpha value is -1.36. The lowest BCUT2D eigenvalue weighted by atomic mass is 10.3. The summed E-state index contributed by atoms with van der Waals surface area (Å²) in [6.07, 6.45) is 1.98. The van der Waals surface area contributed by atoms with Crippen molar-refractivity contribution in [2.75, 3.05) is 42.9 Å². The molecule has 0 bridgehead atoms. The van der Waals surface area contributed by atoms with Crippen molar-refractivity contribution in [2.45, 2.75) is 26.7 Å². The number of aromatic nitrogens is 2. The second kappa shape index (κ2) is 6.54. The van der Waals surface area contributed by atoms with Crippen molar-refractivity contribution in [1.29, 1.82) is 0 Å². The fourth-order valence-corrected chi connectivity index (χ4v) is 2.04. The van der Waals surface area contributed by atoms with Crippen molar-refractivity contribution in [3.05, 3.63) is 11.9 Å². The highest BCUT2D eigenvalue weighted by atomic mass is 15.2. The van der Waals surface area contributed by atoms with Gasteiger partial charge in [0.25, 0.3) is 0 Å². The Morgan fingerprint density at radius 3 is 2.72 bits per heavy atom. The van der Waals surface area contributed by atoms with Gasteiger partial charge in [0.05, 0.1) is 0 Å². The van der Waals surface area contributed by atoms with E-state index in [0.717, 1.165) is 63.0 Å². The molecule has 1 aliphatic heterocycles. The summed E-state index contributed by atoms with van der Waals surface area (Å²) in [5, 5.41) is 6.72. The highest BCUT2D eigenvalue weighted by molar-refractivity contribution is 5.49. The third-order valence-electron chi connectivity index (χ3n) is 3.07. The molecule has 1 aromatic heterocycles. The molecule has 18 heavy (non-hydrogen) atoms. The van der Waals surface area contributed by atoms with Crippen LogP contribution in [0.15, 0.2) is 6.07 Å². The first kappa shape index (κ1) is 13.1. The molecule has 100 valence electrons. The summed E-state index contributed by atoms with van der Waals surface area (Å²) in [7, 11) is 0. The van der Waals surface area contributed by atoms with Crippen LogP contribution in [0.25, 0.3) is 0 Å². The molecule has 0 aromatic carbocycles. The van der Waals surface area contributed by atoms with E-state index < -0.39 is 0 Å². The van der Waals surface area contributed by atoms with Crippen LogP contribution in [0.5, 0.6) is 0 Å². The maximum atomic E-state index is 4.63. The molecule has 5 heteroatoms. The summed E-state index contributed by atoms with van der Waals surface area (Å²) in [6, 6.07) is 2.07. The SMILES string of the molecule is CCCNc1cc(N2CCNCC2)nc(CC)n1. The van der Waals surface area contributed by atoms with Crippen molar-refractivity contribution in [1.82, 2.24) is 15.3 Å². The number of piperazine rings is 1. The van der Waals surface area contributed by atoms with Crippen molar-refractivity contribution >= 4 is 11.6 Å². The van der Waals surface area contributed by atoms with Crippen molar-refractivity contribution in [3.63, 3.8) is 0 Å². The second-order valence-corrected chi connectivity index (χ2v) is 4.54. The molecule has 0 atom stereocenters. The van der Waals surface area contributed by atoms with Crippen LogP contribution in [0.1, 0.15) is 26.1 Å². The first-order chi connectivity index (χ1) is 8.83. The van der Waals surface area contributed by atoms with Crippen molar-refractivity contribution in [3.8, 4) is 0 Å². The highest BCUT2D eigenvalue weighted by Crippen LogP contribution is 2.16. The maximum Gasteiger partial charge on any atom is 0.134 e. The number of aryl methyl sites for hydroxylation is 1. The number of nitrogens with zero attached hydrogens (tertiary/aromatic N) is 3. The van der Waals surface area contributed by atoms with Crippen LogP contribution in [-0.4, -0.2) is 42.7 Å². The van der Waals surface area contributed by atoms with Gasteiger partial charge in [-0.05, 0) is 6.42 Å². The number of hydrogen-bond acceptors (Lipinski definition) is 5. The summed E-state index contributed by atoms with van der Waals surface area (Å²) < 4.78 is 0. The molecular weight excluding hydrogens is 226 g/mol.